The maximum Gasteiger partial charge on any atom is 0.186 e. The monoisotopic (exact) mass is 367 g/mol. The van der Waals surface area contributed by atoms with Gasteiger partial charge in [0.05, 0.1) is 33.2 Å². The standard InChI is InChI=1S/C21H25N3O3/c1-5-6-7-15-8-10-16(11-9-15)19-14-22-23-24(19)18-12-17(25-2)13-20(26-3)21(18)27-4/h8-14H,5-7H2,1-4H3. The van der Waals surface area contributed by atoms with Crippen molar-refractivity contribution in [1.82, 2.24) is 15.0 Å². The molecule has 3 aromatic rings. The molecule has 6 heteroatoms. The molecule has 0 atom stereocenters. The number of hydrogen-bond acceptors (Lipinski definition) is 5. The average molecular weight is 367 g/mol. The number of hydrogen-bond donors (Lipinski definition) is 0. The topological polar surface area (TPSA) is 58.4 Å². The number of ether oxygens (including phenoxy) is 3. The maximum absolute atomic E-state index is 5.58. The highest BCUT2D eigenvalue weighted by atomic mass is 16.5. The largest absolute Gasteiger partial charge is 0.497 e. The lowest BCUT2D eigenvalue weighted by Crippen LogP contribution is -2.04. The first-order valence-corrected chi connectivity index (χ1v) is 9.02. The third kappa shape index (κ3) is 3.89. The van der Waals surface area contributed by atoms with E-state index < -0.39 is 0 Å². The van der Waals surface area contributed by atoms with Gasteiger partial charge in [0.15, 0.2) is 11.5 Å². The Hall–Kier alpha value is -3.02. The minimum atomic E-state index is 0.572. The minimum Gasteiger partial charge on any atom is -0.497 e. The second kappa shape index (κ2) is 8.58. The Bertz CT molecular complexity index is 888. The highest BCUT2D eigenvalue weighted by molar-refractivity contribution is 5.66. The van der Waals surface area contributed by atoms with Gasteiger partial charge in [-0.15, -0.1) is 5.10 Å². The van der Waals surface area contributed by atoms with Gasteiger partial charge in [-0.1, -0.05) is 42.8 Å². The van der Waals surface area contributed by atoms with Crippen molar-refractivity contribution in [3.05, 3.63) is 48.2 Å². The Kier molecular flexibility index (Phi) is 5.96. The van der Waals surface area contributed by atoms with E-state index in [9.17, 15) is 0 Å². The zero-order valence-corrected chi connectivity index (χ0v) is 16.2. The summed E-state index contributed by atoms with van der Waals surface area (Å²) in [6.45, 7) is 2.20. The van der Waals surface area contributed by atoms with Gasteiger partial charge in [0, 0.05) is 17.7 Å². The van der Waals surface area contributed by atoms with E-state index in [1.54, 1.807) is 38.3 Å². The fraction of sp³-hybridized carbons (Fsp3) is 0.333. The molecule has 142 valence electrons. The van der Waals surface area contributed by atoms with E-state index in [-0.39, 0.29) is 0 Å². The number of aromatic nitrogens is 3. The van der Waals surface area contributed by atoms with Crippen molar-refractivity contribution < 1.29 is 14.2 Å². The summed E-state index contributed by atoms with van der Waals surface area (Å²) in [5.74, 6) is 1.80. The van der Waals surface area contributed by atoms with E-state index in [4.69, 9.17) is 14.2 Å². The van der Waals surface area contributed by atoms with Crippen molar-refractivity contribution in [3.63, 3.8) is 0 Å². The van der Waals surface area contributed by atoms with Crippen LogP contribution >= 0.6 is 0 Å². The van der Waals surface area contributed by atoms with Crippen molar-refractivity contribution in [1.29, 1.82) is 0 Å². The van der Waals surface area contributed by atoms with Crippen molar-refractivity contribution >= 4 is 0 Å². The van der Waals surface area contributed by atoms with Crippen LogP contribution in [-0.4, -0.2) is 36.3 Å². The first-order chi connectivity index (χ1) is 13.2. The van der Waals surface area contributed by atoms with E-state index in [2.05, 4.69) is 41.5 Å². The van der Waals surface area contributed by atoms with Crippen LogP contribution in [0, 0.1) is 0 Å². The van der Waals surface area contributed by atoms with Gasteiger partial charge in [0.2, 0.25) is 0 Å². The Morgan fingerprint density at radius 1 is 0.963 bits per heavy atom. The Morgan fingerprint density at radius 2 is 1.74 bits per heavy atom. The highest BCUT2D eigenvalue weighted by Crippen LogP contribution is 2.39. The molecule has 0 unspecified atom stereocenters. The third-order valence-corrected chi connectivity index (χ3v) is 4.51. The summed E-state index contributed by atoms with van der Waals surface area (Å²) in [6.07, 6.45) is 5.22. The second-order valence-electron chi connectivity index (χ2n) is 6.21. The van der Waals surface area contributed by atoms with E-state index >= 15 is 0 Å². The molecular weight excluding hydrogens is 342 g/mol. The molecule has 0 N–H and O–H groups in total. The van der Waals surface area contributed by atoms with Crippen LogP contribution in [0.15, 0.2) is 42.6 Å². The molecule has 0 spiro atoms. The molecule has 0 aliphatic rings. The minimum absolute atomic E-state index is 0.572. The normalized spacial score (nSPS) is 10.7. The summed E-state index contributed by atoms with van der Waals surface area (Å²) in [5, 5.41) is 8.38. The lowest BCUT2D eigenvalue weighted by Gasteiger charge is -2.16. The molecule has 0 saturated carbocycles. The molecule has 0 amide bonds. The molecule has 27 heavy (non-hydrogen) atoms. The van der Waals surface area contributed by atoms with Gasteiger partial charge < -0.3 is 14.2 Å². The number of methoxy groups -OCH3 is 3. The van der Waals surface area contributed by atoms with Gasteiger partial charge in [-0.25, -0.2) is 4.68 Å². The van der Waals surface area contributed by atoms with Crippen LogP contribution in [-0.2, 0) is 6.42 Å². The second-order valence-corrected chi connectivity index (χ2v) is 6.21. The fourth-order valence-electron chi connectivity index (χ4n) is 3.03. The molecule has 6 nitrogen and oxygen atoms in total. The van der Waals surface area contributed by atoms with Gasteiger partial charge in [0.1, 0.15) is 11.4 Å². The summed E-state index contributed by atoms with van der Waals surface area (Å²) < 4.78 is 18.2. The molecule has 0 radical (unpaired) electrons. The average Bonchev–Trinajstić information content (AvgIpc) is 3.21. The number of benzene rings is 2. The SMILES string of the molecule is CCCCc1ccc(-c2cnnn2-c2cc(OC)cc(OC)c2OC)cc1. The summed E-state index contributed by atoms with van der Waals surface area (Å²) in [6, 6.07) is 12.2. The molecule has 1 aromatic heterocycles. The van der Waals surface area contributed by atoms with Gasteiger partial charge >= 0.3 is 0 Å². The van der Waals surface area contributed by atoms with Crippen molar-refractivity contribution in [2.45, 2.75) is 26.2 Å². The molecule has 0 bridgehead atoms. The van der Waals surface area contributed by atoms with E-state index in [1.165, 1.54) is 18.4 Å². The van der Waals surface area contributed by atoms with Crippen LogP contribution in [0.1, 0.15) is 25.3 Å². The predicted molar refractivity (Wildman–Crippen MR) is 105 cm³/mol. The molecule has 0 aliphatic heterocycles. The fourth-order valence-corrected chi connectivity index (χ4v) is 3.03. The van der Waals surface area contributed by atoms with E-state index in [1.807, 2.05) is 6.07 Å². The smallest absolute Gasteiger partial charge is 0.186 e. The first kappa shape index (κ1) is 18.8. The zero-order chi connectivity index (χ0) is 19.2. The predicted octanol–water partition coefficient (Wildman–Crippen LogP) is 4.30. The lowest BCUT2D eigenvalue weighted by atomic mass is 10.0. The molecule has 0 fully saturated rings. The van der Waals surface area contributed by atoms with Crippen molar-refractivity contribution in [2.24, 2.45) is 0 Å². The van der Waals surface area contributed by atoms with Gasteiger partial charge in [-0.05, 0) is 18.4 Å². The van der Waals surface area contributed by atoms with Crippen LogP contribution in [0.3, 0.4) is 0 Å². The number of aryl methyl sites for hydroxylation is 1. The highest BCUT2D eigenvalue weighted by Gasteiger charge is 2.18. The Labute approximate surface area is 159 Å². The molecule has 2 aromatic carbocycles. The lowest BCUT2D eigenvalue weighted by molar-refractivity contribution is 0.347. The maximum atomic E-state index is 5.58. The van der Waals surface area contributed by atoms with Crippen LogP contribution in [0.5, 0.6) is 17.2 Å². The number of unbranched alkanes of at least 4 members (excludes halogenated alkanes) is 1. The summed E-state index contributed by atoms with van der Waals surface area (Å²) in [5.41, 5.74) is 3.94. The summed E-state index contributed by atoms with van der Waals surface area (Å²) in [7, 11) is 4.81. The molecule has 0 aliphatic carbocycles. The zero-order valence-electron chi connectivity index (χ0n) is 16.2. The quantitative estimate of drug-likeness (QED) is 0.594. The third-order valence-electron chi connectivity index (χ3n) is 4.51. The van der Waals surface area contributed by atoms with Gasteiger partial charge in [-0.3, -0.25) is 0 Å². The van der Waals surface area contributed by atoms with E-state index in [0.29, 0.717) is 22.9 Å². The van der Waals surface area contributed by atoms with Crippen LogP contribution in [0.25, 0.3) is 16.9 Å². The molecule has 1 heterocycles. The molecular formula is C21H25N3O3. The number of nitrogens with zero attached hydrogens (tertiary/aromatic N) is 3. The first-order valence-electron chi connectivity index (χ1n) is 9.02. The number of rotatable bonds is 8. The molecule has 0 saturated heterocycles. The summed E-state index contributed by atoms with van der Waals surface area (Å²) in [4.78, 5) is 0. The van der Waals surface area contributed by atoms with Crippen LogP contribution in [0.4, 0.5) is 0 Å². The van der Waals surface area contributed by atoms with Crippen molar-refractivity contribution in [3.8, 4) is 34.2 Å². The summed E-state index contributed by atoms with van der Waals surface area (Å²) >= 11 is 0. The Morgan fingerprint density at radius 3 is 2.37 bits per heavy atom. The van der Waals surface area contributed by atoms with Gasteiger partial charge in [0.25, 0.3) is 0 Å². The van der Waals surface area contributed by atoms with Crippen molar-refractivity contribution in [2.75, 3.05) is 21.3 Å². The van der Waals surface area contributed by atoms with Crippen LogP contribution < -0.4 is 14.2 Å². The van der Waals surface area contributed by atoms with Crippen LogP contribution in [0.2, 0.25) is 0 Å². The van der Waals surface area contributed by atoms with Gasteiger partial charge in [-0.2, -0.15) is 0 Å². The Balaban J connectivity index is 2.05. The molecule has 3 rings (SSSR count). The van der Waals surface area contributed by atoms with E-state index in [0.717, 1.165) is 17.7 Å².